The molecule has 2 heterocycles. The van der Waals surface area contributed by atoms with E-state index < -0.39 is 0 Å². The van der Waals surface area contributed by atoms with Gasteiger partial charge in [-0.3, -0.25) is 0 Å². The summed E-state index contributed by atoms with van der Waals surface area (Å²) >= 11 is 2.06. The van der Waals surface area contributed by atoms with Crippen LogP contribution < -0.4 is 10.2 Å². The van der Waals surface area contributed by atoms with Crippen LogP contribution in [0.5, 0.6) is 0 Å². The standard InChI is InChI=1S/C14H22N4S/c1-10-8-18(9-11(2)19-10)14-6-5-13(16-17-14)7-15-12-3-4-12/h5-6,10-12,15H,3-4,7-9H2,1-2H3. The van der Waals surface area contributed by atoms with Crippen molar-refractivity contribution in [3.8, 4) is 0 Å². The molecule has 2 fully saturated rings. The number of hydrogen-bond donors (Lipinski definition) is 1. The molecule has 1 saturated heterocycles. The van der Waals surface area contributed by atoms with Crippen LogP contribution in [0.15, 0.2) is 12.1 Å². The Bertz CT molecular complexity index is 408. The summed E-state index contributed by atoms with van der Waals surface area (Å²) in [5.74, 6) is 1.02. The summed E-state index contributed by atoms with van der Waals surface area (Å²) in [5, 5.41) is 13.5. The fourth-order valence-corrected chi connectivity index (χ4v) is 3.84. The van der Waals surface area contributed by atoms with Crippen molar-refractivity contribution in [2.24, 2.45) is 0 Å². The van der Waals surface area contributed by atoms with Crippen molar-refractivity contribution in [2.45, 2.75) is 49.8 Å². The third kappa shape index (κ3) is 3.60. The van der Waals surface area contributed by atoms with Gasteiger partial charge in [-0.2, -0.15) is 16.9 Å². The highest BCUT2D eigenvalue weighted by Crippen LogP contribution is 2.27. The van der Waals surface area contributed by atoms with Crippen LogP contribution in [-0.4, -0.2) is 39.8 Å². The first-order valence-corrected chi connectivity index (χ1v) is 8.11. The molecule has 1 aliphatic heterocycles. The van der Waals surface area contributed by atoms with Crippen LogP contribution in [0.3, 0.4) is 0 Å². The van der Waals surface area contributed by atoms with Crippen LogP contribution in [0, 0.1) is 0 Å². The summed E-state index contributed by atoms with van der Waals surface area (Å²) < 4.78 is 0. The van der Waals surface area contributed by atoms with Crippen molar-refractivity contribution < 1.29 is 0 Å². The minimum absolute atomic E-state index is 0.668. The van der Waals surface area contributed by atoms with Gasteiger partial charge in [0.05, 0.1) is 5.69 Å². The highest BCUT2D eigenvalue weighted by molar-refractivity contribution is 8.00. The lowest BCUT2D eigenvalue weighted by Gasteiger charge is -2.35. The van der Waals surface area contributed by atoms with Crippen molar-refractivity contribution in [1.82, 2.24) is 15.5 Å². The second-order valence-corrected chi connectivity index (χ2v) is 7.58. The van der Waals surface area contributed by atoms with E-state index in [1.165, 1.54) is 12.8 Å². The van der Waals surface area contributed by atoms with E-state index in [1.807, 2.05) is 0 Å². The van der Waals surface area contributed by atoms with Crippen LogP contribution in [0.1, 0.15) is 32.4 Å². The van der Waals surface area contributed by atoms with Crippen LogP contribution in [0.2, 0.25) is 0 Å². The minimum Gasteiger partial charge on any atom is -0.353 e. The highest BCUT2D eigenvalue weighted by Gasteiger charge is 2.23. The Morgan fingerprint density at radius 3 is 2.53 bits per heavy atom. The van der Waals surface area contributed by atoms with Crippen molar-refractivity contribution >= 4 is 17.6 Å². The molecule has 5 heteroatoms. The fraction of sp³-hybridized carbons (Fsp3) is 0.714. The molecular weight excluding hydrogens is 256 g/mol. The van der Waals surface area contributed by atoms with Crippen molar-refractivity contribution in [3.63, 3.8) is 0 Å². The normalized spacial score (nSPS) is 27.6. The van der Waals surface area contributed by atoms with Gasteiger partial charge in [0.1, 0.15) is 0 Å². The largest absolute Gasteiger partial charge is 0.353 e. The molecule has 3 rings (SSSR count). The van der Waals surface area contributed by atoms with E-state index in [0.717, 1.165) is 37.2 Å². The predicted molar refractivity (Wildman–Crippen MR) is 80.6 cm³/mol. The lowest BCUT2D eigenvalue weighted by Crippen LogP contribution is -2.41. The molecule has 1 aromatic heterocycles. The van der Waals surface area contributed by atoms with E-state index in [0.29, 0.717) is 10.5 Å². The maximum absolute atomic E-state index is 4.40. The van der Waals surface area contributed by atoms with Crippen LogP contribution >= 0.6 is 11.8 Å². The zero-order valence-electron chi connectivity index (χ0n) is 11.7. The van der Waals surface area contributed by atoms with Gasteiger partial charge in [0.2, 0.25) is 0 Å². The quantitative estimate of drug-likeness (QED) is 0.913. The van der Waals surface area contributed by atoms with Gasteiger partial charge in [-0.15, -0.1) is 5.10 Å². The molecule has 0 radical (unpaired) electrons. The molecule has 0 spiro atoms. The topological polar surface area (TPSA) is 41.0 Å². The fourth-order valence-electron chi connectivity index (χ4n) is 2.52. The van der Waals surface area contributed by atoms with Gasteiger partial charge in [0.15, 0.2) is 5.82 Å². The second-order valence-electron chi connectivity index (χ2n) is 5.70. The third-order valence-corrected chi connectivity index (χ3v) is 4.83. The molecule has 1 saturated carbocycles. The van der Waals surface area contributed by atoms with Crippen LogP contribution in [0.25, 0.3) is 0 Å². The van der Waals surface area contributed by atoms with Crippen molar-refractivity contribution in [1.29, 1.82) is 0 Å². The molecule has 0 amide bonds. The average molecular weight is 278 g/mol. The van der Waals surface area contributed by atoms with E-state index in [9.17, 15) is 0 Å². The number of nitrogens with zero attached hydrogens (tertiary/aromatic N) is 3. The lowest BCUT2D eigenvalue weighted by atomic mass is 10.3. The Hall–Kier alpha value is -0.810. The van der Waals surface area contributed by atoms with Gasteiger partial charge in [-0.05, 0) is 25.0 Å². The summed E-state index contributed by atoms with van der Waals surface area (Å²) in [5.41, 5.74) is 1.04. The molecule has 0 aromatic carbocycles. The number of rotatable bonds is 4. The Kier molecular flexibility index (Phi) is 3.93. The summed E-state index contributed by atoms with van der Waals surface area (Å²) in [6, 6.07) is 4.95. The first-order chi connectivity index (χ1) is 9.20. The Labute approximate surface area is 119 Å². The van der Waals surface area contributed by atoms with Gasteiger partial charge in [-0.1, -0.05) is 13.8 Å². The number of hydrogen-bond acceptors (Lipinski definition) is 5. The van der Waals surface area contributed by atoms with E-state index in [2.05, 4.69) is 58.2 Å². The number of nitrogens with one attached hydrogen (secondary N) is 1. The predicted octanol–water partition coefficient (Wildman–Crippen LogP) is 2.06. The highest BCUT2D eigenvalue weighted by atomic mass is 32.2. The summed E-state index contributed by atoms with van der Waals surface area (Å²) in [6.07, 6.45) is 2.62. The summed E-state index contributed by atoms with van der Waals surface area (Å²) in [6.45, 7) is 7.57. The Morgan fingerprint density at radius 2 is 1.95 bits per heavy atom. The smallest absolute Gasteiger partial charge is 0.151 e. The van der Waals surface area contributed by atoms with Gasteiger partial charge in [0, 0.05) is 36.2 Å². The van der Waals surface area contributed by atoms with E-state index in [1.54, 1.807) is 0 Å². The molecule has 1 aromatic rings. The molecule has 2 aliphatic rings. The summed E-state index contributed by atoms with van der Waals surface area (Å²) in [7, 11) is 0. The Balaban J connectivity index is 1.60. The van der Waals surface area contributed by atoms with Crippen molar-refractivity contribution in [3.05, 3.63) is 17.8 Å². The maximum atomic E-state index is 4.40. The first kappa shape index (κ1) is 13.2. The zero-order chi connectivity index (χ0) is 13.2. The SMILES string of the molecule is CC1CN(c2ccc(CNC3CC3)nn2)CC(C)S1. The van der Waals surface area contributed by atoms with E-state index in [4.69, 9.17) is 0 Å². The monoisotopic (exact) mass is 278 g/mol. The number of aromatic nitrogens is 2. The third-order valence-electron chi connectivity index (χ3n) is 3.60. The van der Waals surface area contributed by atoms with E-state index >= 15 is 0 Å². The zero-order valence-corrected chi connectivity index (χ0v) is 12.5. The number of anilines is 1. The first-order valence-electron chi connectivity index (χ1n) is 7.17. The molecule has 104 valence electrons. The van der Waals surface area contributed by atoms with Crippen molar-refractivity contribution in [2.75, 3.05) is 18.0 Å². The minimum atomic E-state index is 0.668. The molecule has 4 nitrogen and oxygen atoms in total. The van der Waals surface area contributed by atoms with Crippen LogP contribution in [0.4, 0.5) is 5.82 Å². The Morgan fingerprint density at radius 1 is 1.21 bits per heavy atom. The van der Waals surface area contributed by atoms with Gasteiger partial charge in [-0.25, -0.2) is 0 Å². The van der Waals surface area contributed by atoms with Gasteiger partial charge < -0.3 is 10.2 Å². The lowest BCUT2D eigenvalue weighted by molar-refractivity contribution is 0.659. The average Bonchev–Trinajstić information content (AvgIpc) is 3.20. The molecule has 2 atom stereocenters. The molecule has 1 N–H and O–H groups in total. The molecule has 2 unspecified atom stereocenters. The summed E-state index contributed by atoms with van der Waals surface area (Å²) in [4.78, 5) is 2.36. The number of thioether (sulfide) groups is 1. The van der Waals surface area contributed by atoms with Gasteiger partial charge in [0.25, 0.3) is 0 Å². The molecule has 19 heavy (non-hydrogen) atoms. The molecule has 0 bridgehead atoms. The second kappa shape index (κ2) is 5.67. The molecule has 1 aliphatic carbocycles. The molecular formula is C14H22N4S. The van der Waals surface area contributed by atoms with Gasteiger partial charge >= 0.3 is 0 Å². The van der Waals surface area contributed by atoms with Crippen LogP contribution in [-0.2, 0) is 6.54 Å². The maximum Gasteiger partial charge on any atom is 0.151 e. The van der Waals surface area contributed by atoms with E-state index in [-0.39, 0.29) is 0 Å².